The van der Waals surface area contributed by atoms with Crippen molar-refractivity contribution in [3.8, 4) is 0 Å². The number of H-pyrrole nitrogens is 2. The maximum Gasteiger partial charge on any atom is 0.337 e. The van der Waals surface area contributed by atoms with Crippen LogP contribution >= 0.6 is 15.9 Å². The van der Waals surface area contributed by atoms with Crippen LogP contribution in [-0.2, 0) is 10.0 Å². The fraction of sp³-hybridized carbons (Fsp3) is 0. The van der Waals surface area contributed by atoms with Gasteiger partial charge in [-0.1, -0.05) is 15.9 Å². The van der Waals surface area contributed by atoms with Gasteiger partial charge in [-0.3, -0.25) is 9.52 Å². The van der Waals surface area contributed by atoms with Gasteiger partial charge in [0.05, 0.1) is 10.5 Å². The lowest BCUT2D eigenvalue weighted by Crippen LogP contribution is -2.13. The van der Waals surface area contributed by atoms with E-state index in [1.165, 1.54) is 36.5 Å². The number of aromatic amines is 2. The highest BCUT2D eigenvalue weighted by molar-refractivity contribution is 9.10. The van der Waals surface area contributed by atoms with Crippen LogP contribution in [0.4, 0.5) is 5.69 Å². The number of aromatic nitrogens is 2. The summed E-state index contributed by atoms with van der Waals surface area (Å²) in [6.07, 6.45) is 1.24. The number of benzene rings is 2. The van der Waals surface area contributed by atoms with Gasteiger partial charge in [-0.2, -0.15) is 0 Å². The van der Waals surface area contributed by atoms with Gasteiger partial charge < -0.3 is 15.1 Å². The van der Waals surface area contributed by atoms with E-state index < -0.39 is 21.6 Å². The number of hydrogen-bond donors (Lipinski definition) is 4. The first kappa shape index (κ1) is 18.3. The Bertz CT molecular complexity index is 1410. The molecule has 2 aromatic heterocycles. The summed E-state index contributed by atoms with van der Waals surface area (Å²) in [7, 11) is -3.84. The van der Waals surface area contributed by atoms with Crippen LogP contribution in [0.3, 0.4) is 0 Å². The highest BCUT2D eigenvalue weighted by atomic mass is 79.9. The smallest absolute Gasteiger partial charge is 0.337 e. The Labute approximate surface area is 166 Å². The van der Waals surface area contributed by atoms with E-state index in [2.05, 4.69) is 30.6 Å². The molecule has 0 amide bonds. The Kier molecular flexibility index (Phi) is 4.24. The van der Waals surface area contributed by atoms with Crippen molar-refractivity contribution in [2.45, 2.75) is 4.90 Å². The van der Waals surface area contributed by atoms with Crippen molar-refractivity contribution in [2.75, 3.05) is 4.72 Å². The quantitative estimate of drug-likeness (QED) is 0.370. The molecule has 4 N–H and O–H groups in total. The zero-order valence-electron chi connectivity index (χ0n) is 14.0. The lowest BCUT2D eigenvalue weighted by Gasteiger charge is -2.10. The van der Waals surface area contributed by atoms with Gasteiger partial charge in [0.2, 0.25) is 0 Å². The van der Waals surface area contributed by atoms with Gasteiger partial charge in [0.1, 0.15) is 5.52 Å². The van der Waals surface area contributed by atoms with Gasteiger partial charge in [-0.05, 0) is 42.5 Å². The van der Waals surface area contributed by atoms with Gasteiger partial charge >= 0.3 is 5.97 Å². The summed E-state index contributed by atoms with van der Waals surface area (Å²) in [5.74, 6) is -1.20. The van der Waals surface area contributed by atoms with Gasteiger partial charge in [0, 0.05) is 32.6 Å². The van der Waals surface area contributed by atoms with Gasteiger partial charge in [-0.15, -0.1) is 0 Å². The Balaban J connectivity index is 1.87. The highest BCUT2D eigenvalue weighted by Crippen LogP contribution is 2.28. The van der Waals surface area contributed by atoms with Crippen LogP contribution in [0.2, 0.25) is 0 Å². The fourth-order valence-electron chi connectivity index (χ4n) is 2.99. The molecule has 10 heteroatoms. The second-order valence-corrected chi connectivity index (χ2v) is 8.63. The maximum atomic E-state index is 12.6. The summed E-state index contributed by atoms with van der Waals surface area (Å²) in [6, 6.07) is 10.6. The molecule has 2 aromatic carbocycles. The van der Waals surface area contributed by atoms with E-state index in [1.54, 1.807) is 12.1 Å². The topological polar surface area (TPSA) is 132 Å². The molecule has 0 bridgehead atoms. The van der Waals surface area contributed by atoms with E-state index in [0.29, 0.717) is 10.9 Å². The molecule has 4 aromatic rings. The summed E-state index contributed by atoms with van der Waals surface area (Å²) in [4.78, 5) is 29.1. The van der Waals surface area contributed by atoms with E-state index in [1.807, 2.05) is 0 Å². The molecular weight excluding hydrogens is 450 g/mol. The standard InChI is InChI=1S/C18H12BrN3O5S/c19-9-1-4-11(5-2-9)28(26,27)22-10-3-6-14-12(7-10)15-13(18(24)25)8-20-16(15)17(23)21-14/h1-8,20,22H,(H,21,23)(H,24,25). The number of anilines is 1. The lowest BCUT2D eigenvalue weighted by molar-refractivity contribution is 0.0699. The molecule has 0 aliphatic rings. The van der Waals surface area contributed by atoms with Crippen LogP contribution in [0.15, 0.2) is 62.8 Å². The van der Waals surface area contributed by atoms with Crippen LogP contribution in [0.25, 0.3) is 21.8 Å². The number of sulfonamides is 1. The van der Waals surface area contributed by atoms with Crippen molar-refractivity contribution in [2.24, 2.45) is 0 Å². The molecule has 0 unspecified atom stereocenters. The molecule has 142 valence electrons. The fourth-order valence-corrected chi connectivity index (χ4v) is 4.30. The lowest BCUT2D eigenvalue weighted by atomic mass is 10.1. The first-order valence-electron chi connectivity index (χ1n) is 7.95. The number of carboxylic acids is 1. The van der Waals surface area contributed by atoms with Gasteiger partial charge in [0.15, 0.2) is 0 Å². The van der Waals surface area contributed by atoms with Gasteiger partial charge in [-0.25, -0.2) is 13.2 Å². The molecular formula is C18H12BrN3O5S. The average molecular weight is 462 g/mol. The third-order valence-corrected chi connectivity index (χ3v) is 6.18. The zero-order chi connectivity index (χ0) is 20.1. The SMILES string of the molecule is O=C(O)c1c[nH]c2c(=O)[nH]c3ccc(NS(=O)(=O)c4ccc(Br)cc4)cc3c12. The zero-order valence-corrected chi connectivity index (χ0v) is 16.4. The molecule has 0 radical (unpaired) electrons. The molecule has 0 atom stereocenters. The van der Waals surface area contributed by atoms with Crippen LogP contribution in [0.1, 0.15) is 10.4 Å². The number of aromatic carboxylic acids is 1. The third-order valence-electron chi connectivity index (χ3n) is 4.25. The van der Waals surface area contributed by atoms with Crippen LogP contribution in [0, 0.1) is 0 Å². The van der Waals surface area contributed by atoms with E-state index in [4.69, 9.17) is 0 Å². The molecule has 4 rings (SSSR count). The first-order chi connectivity index (χ1) is 13.3. The van der Waals surface area contributed by atoms with Crippen LogP contribution in [0.5, 0.6) is 0 Å². The number of fused-ring (bicyclic) bond motifs is 3. The van der Waals surface area contributed by atoms with Crippen LogP contribution in [-0.4, -0.2) is 29.5 Å². The maximum absolute atomic E-state index is 12.6. The number of carbonyl (C=O) groups is 1. The number of nitrogens with one attached hydrogen (secondary N) is 3. The summed E-state index contributed by atoms with van der Waals surface area (Å²) in [5, 5.41) is 10.0. The summed E-state index contributed by atoms with van der Waals surface area (Å²) in [5.41, 5.74) is 0.211. The van der Waals surface area contributed by atoms with Crippen molar-refractivity contribution < 1.29 is 18.3 Å². The first-order valence-corrected chi connectivity index (χ1v) is 10.2. The van der Waals surface area contributed by atoms with Crippen LogP contribution < -0.4 is 10.3 Å². The molecule has 2 heterocycles. The number of hydrogen-bond acceptors (Lipinski definition) is 4. The molecule has 28 heavy (non-hydrogen) atoms. The molecule has 0 saturated carbocycles. The van der Waals surface area contributed by atoms with E-state index in [-0.39, 0.29) is 27.0 Å². The van der Waals surface area contributed by atoms with E-state index in [0.717, 1.165) is 4.47 Å². The Morgan fingerprint density at radius 2 is 1.82 bits per heavy atom. The Morgan fingerprint density at radius 1 is 1.11 bits per heavy atom. The Hall–Kier alpha value is -3.11. The summed E-state index contributed by atoms with van der Waals surface area (Å²) < 4.78 is 28.4. The van der Waals surface area contributed by atoms with E-state index in [9.17, 15) is 23.1 Å². The van der Waals surface area contributed by atoms with E-state index >= 15 is 0 Å². The minimum atomic E-state index is -3.84. The molecule has 0 aliphatic heterocycles. The molecule has 0 spiro atoms. The predicted molar refractivity (Wildman–Crippen MR) is 108 cm³/mol. The second-order valence-electron chi connectivity index (χ2n) is 6.03. The van der Waals surface area contributed by atoms with Crippen molar-refractivity contribution in [1.29, 1.82) is 0 Å². The number of rotatable bonds is 4. The number of halogens is 1. The summed E-state index contributed by atoms with van der Waals surface area (Å²) >= 11 is 3.25. The molecule has 0 aliphatic carbocycles. The second kappa shape index (κ2) is 6.50. The molecule has 0 fully saturated rings. The predicted octanol–water partition coefficient (Wildman–Crippen LogP) is 3.27. The summed E-state index contributed by atoms with van der Waals surface area (Å²) in [6.45, 7) is 0. The van der Waals surface area contributed by atoms with Crippen molar-refractivity contribution in [3.63, 3.8) is 0 Å². The van der Waals surface area contributed by atoms with Crippen molar-refractivity contribution in [3.05, 3.63) is 69.1 Å². The normalized spacial score (nSPS) is 11.8. The minimum absolute atomic E-state index is 0.0704. The molecule has 8 nitrogen and oxygen atoms in total. The highest BCUT2D eigenvalue weighted by Gasteiger charge is 2.18. The minimum Gasteiger partial charge on any atom is -0.478 e. The van der Waals surface area contributed by atoms with Crippen molar-refractivity contribution in [1.82, 2.24) is 9.97 Å². The largest absolute Gasteiger partial charge is 0.478 e. The number of pyridine rings is 1. The number of carboxylic acid groups (broad SMARTS) is 1. The monoisotopic (exact) mass is 461 g/mol. The average Bonchev–Trinajstić information content (AvgIpc) is 3.09. The Morgan fingerprint density at radius 3 is 2.50 bits per heavy atom. The van der Waals surface area contributed by atoms with Crippen molar-refractivity contribution >= 4 is 59.4 Å². The molecule has 0 saturated heterocycles. The van der Waals surface area contributed by atoms with Gasteiger partial charge in [0.25, 0.3) is 15.6 Å². The third kappa shape index (κ3) is 3.06.